The maximum absolute atomic E-state index is 11.2. The Morgan fingerprint density at radius 2 is 2.38 bits per heavy atom. The van der Waals surface area contributed by atoms with Gasteiger partial charge in [-0.15, -0.1) is 0 Å². The van der Waals surface area contributed by atoms with Crippen molar-refractivity contribution in [2.24, 2.45) is 0 Å². The largest absolute Gasteiger partial charge is 0.480 e. The Kier molecular flexibility index (Phi) is 4.97. The lowest BCUT2D eigenvalue weighted by molar-refractivity contribution is -0.119. The average Bonchev–Trinajstić information content (AvgIpc) is 2.28. The molecule has 88 valence electrons. The van der Waals surface area contributed by atoms with Crippen LogP contribution in [0.1, 0.15) is 6.92 Å². The van der Waals surface area contributed by atoms with Crippen LogP contribution < -0.4 is 15.4 Å². The lowest BCUT2D eigenvalue weighted by Crippen LogP contribution is -2.29. The van der Waals surface area contributed by atoms with Crippen LogP contribution in [0, 0.1) is 0 Å². The highest BCUT2D eigenvalue weighted by Crippen LogP contribution is 2.21. The van der Waals surface area contributed by atoms with Gasteiger partial charge in [0.05, 0.1) is 24.3 Å². The molecule has 1 aromatic rings. The predicted molar refractivity (Wildman–Crippen MR) is 63.5 cm³/mol. The molecule has 0 aliphatic rings. The van der Waals surface area contributed by atoms with Crippen LogP contribution in [0.3, 0.4) is 0 Å². The van der Waals surface area contributed by atoms with Crippen LogP contribution in [-0.4, -0.2) is 36.1 Å². The van der Waals surface area contributed by atoms with Crippen LogP contribution in [0.2, 0.25) is 0 Å². The molecule has 0 aromatic carbocycles. The summed E-state index contributed by atoms with van der Waals surface area (Å²) in [5, 5.41) is 5.45. The number of ether oxygens (including phenoxy) is 1. The minimum atomic E-state index is -0.104. The number of nitrogens with zero attached hydrogens (tertiary/aromatic N) is 2. The number of anilines is 1. The third-order valence-electron chi connectivity index (χ3n) is 1.69. The number of halogens is 1. The summed E-state index contributed by atoms with van der Waals surface area (Å²) in [7, 11) is 1.51. The minimum Gasteiger partial charge on any atom is -0.480 e. The first-order valence-electron chi connectivity index (χ1n) is 4.74. The summed E-state index contributed by atoms with van der Waals surface area (Å²) in [6.07, 6.45) is 1.56. The van der Waals surface area contributed by atoms with Gasteiger partial charge in [0.1, 0.15) is 0 Å². The van der Waals surface area contributed by atoms with Crippen molar-refractivity contribution in [3.8, 4) is 5.88 Å². The Hall–Kier alpha value is -1.37. The Morgan fingerprint density at radius 3 is 3.00 bits per heavy atom. The van der Waals surface area contributed by atoms with Crippen molar-refractivity contribution >= 4 is 27.8 Å². The minimum absolute atomic E-state index is 0.104. The molecule has 0 aliphatic carbocycles. The normalized spacial score (nSPS) is 9.69. The fourth-order valence-corrected chi connectivity index (χ4v) is 1.35. The monoisotopic (exact) mass is 288 g/mol. The van der Waals surface area contributed by atoms with E-state index in [0.717, 1.165) is 0 Å². The van der Waals surface area contributed by atoms with E-state index in [4.69, 9.17) is 4.74 Å². The molecule has 0 bridgehead atoms. The van der Waals surface area contributed by atoms with Gasteiger partial charge in [-0.25, -0.2) is 4.98 Å². The molecule has 1 heterocycles. The zero-order valence-electron chi connectivity index (χ0n) is 9.08. The van der Waals surface area contributed by atoms with Crippen molar-refractivity contribution in [3.05, 3.63) is 10.7 Å². The molecule has 0 fully saturated rings. The maximum atomic E-state index is 11.2. The van der Waals surface area contributed by atoms with E-state index in [9.17, 15) is 4.79 Å². The number of methoxy groups -OCH3 is 1. The van der Waals surface area contributed by atoms with Gasteiger partial charge in [0, 0.05) is 6.54 Å². The number of amides is 1. The van der Waals surface area contributed by atoms with Crippen LogP contribution in [0.15, 0.2) is 10.7 Å². The second kappa shape index (κ2) is 6.26. The lowest BCUT2D eigenvalue weighted by Gasteiger charge is -2.06. The maximum Gasteiger partial charge on any atom is 0.239 e. The summed E-state index contributed by atoms with van der Waals surface area (Å²) in [5.41, 5.74) is 0. The molecule has 0 saturated carbocycles. The summed E-state index contributed by atoms with van der Waals surface area (Å²) >= 11 is 3.24. The summed E-state index contributed by atoms with van der Waals surface area (Å²) < 4.78 is 5.67. The molecule has 7 heteroatoms. The molecule has 0 spiro atoms. The standard InChI is InChI=1S/C9H13BrN4O2/c1-3-11-7(15)5-13-9-12-4-6(10)8(14-9)16-2/h4H,3,5H2,1-2H3,(H,11,15)(H,12,13,14). The molecule has 0 atom stereocenters. The van der Waals surface area contributed by atoms with Gasteiger partial charge in [-0.3, -0.25) is 4.79 Å². The second-order valence-corrected chi connectivity index (χ2v) is 3.71. The van der Waals surface area contributed by atoms with Gasteiger partial charge in [-0.2, -0.15) is 4.98 Å². The molecule has 6 nitrogen and oxygen atoms in total. The van der Waals surface area contributed by atoms with Crippen LogP contribution >= 0.6 is 15.9 Å². The number of hydrogen-bond acceptors (Lipinski definition) is 5. The average molecular weight is 289 g/mol. The highest BCUT2D eigenvalue weighted by molar-refractivity contribution is 9.10. The Morgan fingerprint density at radius 1 is 1.62 bits per heavy atom. The molecular formula is C9H13BrN4O2. The second-order valence-electron chi connectivity index (χ2n) is 2.86. The molecule has 1 aromatic heterocycles. The van der Waals surface area contributed by atoms with E-state index in [-0.39, 0.29) is 12.5 Å². The number of nitrogens with one attached hydrogen (secondary N) is 2. The van der Waals surface area contributed by atoms with Crippen LogP contribution in [0.4, 0.5) is 5.95 Å². The van der Waals surface area contributed by atoms with E-state index < -0.39 is 0 Å². The molecule has 1 rings (SSSR count). The summed E-state index contributed by atoms with van der Waals surface area (Å²) in [5.74, 6) is 0.674. The first-order chi connectivity index (χ1) is 7.67. The van der Waals surface area contributed by atoms with Crippen molar-refractivity contribution in [2.45, 2.75) is 6.92 Å². The van der Waals surface area contributed by atoms with Gasteiger partial charge >= 0.3 is 0 Å². The molecule has 0 unspecified atom stereocenters. The quantitative estimate of drug-likeness (QED) is 0.838. The van der Waals surface area contributed by atoms with Crippen molar-refractivity contribution < 1.29 is 9.53 Å². The summed E-state index contributed by atoms with van der Waals surface area (Å²) in [6, 6.07) is 0. The smallest absolute Gasteiger partial charge is 0.239 e. The first kappa shape index (κ1) is 12.7. The van der Waals surface area contributed by atoms with Gasteiger partial charge in [0.2, 0.25) is 17.7 Å². The molecule has 16 heavy (non-hydrogen) atoms. The SMILES string of the molecule is CCNC(=O)CNc1ncc(Br)c(OC)n1. The first-order valence-corrected chi connectivity index (χ1v) is 5.53. The van der Waals surface area contributed by atoms with E-state index in [1.807, 2.05) is 6.92 Å². The van der Waals surface area contributed by atoms with Gasteiger partial charge in [0.15, 0.2) is 0 Å². The lowest BCUT2D eigenvalue weighted by atomic mass is 10.5. The van der Waals surface area contributed by atoms with Gasteiger partial charge in [0.25, 0.3) is 0 Å². The van der Waals surface area contributed by atoms with Crippen molar-refractivity contribution in [2.75, 3.05) is 25.5 Å². The molecular weight excluding hydrogens is 276 g/mol. The zero-order chi connectivity index (χ0) is 12.0. The number of rotatable bonds is 5. The molecule has 0 saturated heterocycles. The van der Waals surface area contributed by atoms with Crippen LogP contribution in [0.25, 0.3) is 0 Å². The highest BCUT2D eigenvalue weighted by atomic mass is 79.9. The van der Waals surface area contributed by atoms with E-state index in [1.165, 1.54) is 7.11 Å². The molecule has 1 amide bonds. The molecule has 0 radical (unpaired) electrons. The summed E-state index contributed by atoms with van der Waals surface area (Å²) in [6.45, 7) is 2.60. The summed E-state index contributed by atoms with van der Waals surface area (Å²) in [4.78, 5) is 19.2. The van der Waals surface area contributed by atoms with Crippen molar-refractivity contribution in [1.29, 1.82) is 0 Å². The van der Waals surface area contributed by atoms with Gasteiger partial charge < -0.3 is 15.4 Å². The number of aromatic nitrogens is 2. The van der Waals surface area contributed by atoms with Gasteiger partial charge in [-0.1, -0.05) is 0 Å². The number of carbonyl (C=O) groups excluding carboxylic acids is 1. The van der Waals surface area contributed by atoms with E-state index in [2.05, 4.69) is 36.5 Å². The third kappa shape index (κ3) is 3.65. The highest BCUT2D eigenvalue weighted by Gasteiger charge is 2.05. The van der Waals surface area contributed by atoms with Crippen LogP contribution in [0.5, 0.6) is 5.88 Å². The Balaban J connectivity index is 2.57. The van der Waals surface area contributed by atoms with Crippen molar-refractivity contribution in [3.63, 3.8) is 0 Å². The number of likely N-dealkylation sites (N-methyl/N-ethyl adjacent to an activating group) is 1. The Bertz CT molecular complexity index is 373. The Labute approximate surface area is 102 Å². The number of hydrogen-bond donors (Lipinski definition) is 2. The van der Waals surface area contributed by atoms with Gasteiger partial charge in [-0.05, 0) is 22.9 Å². The van der Waals surface area contributed by atoms with Crippen LogP contribution in [-0.2, 0) is 4.79 Å². The fraction of sp³-hybridized carbons (Fsp3) is 0.444. The van der Waals surface area contributed by atoms with Crippen molar-refractivity contribution in [1.82, 2.24) is 15.3 Å². The molecule has 0 aliphatic heterocycles. The zero-order valence-corrected chi connectivity index (χ0v) is 10.7. The third-order valence-corrected chi connectivity index (χ3v) is 2.23. The van der Waals surface area contributed by atoms with E-state index in [1.54, 1.807) is 6.20 Å². The molecule has 2 N–H and O–H groups in total. The number of carbonyl (C=O) groups is 1. The topological polar surface area (TPSA) is 76.1 Å². The predicted octanol–water partition coefficient (Wildman–Crippen LogP) is 0.796. The van der Waals surface area contributed by atoms with E-state index in [0.29, 0.717) is 22.8 Å². The fourth-order valence-electron chi connectivity index (χ4n) is 0.999. The van der Waals surface area contributed by atoms with E-state index >= 15 is 0 Å².